The minimum atomic E-state index is -3.65. The van der Waals surface area contributed by atoms with Crippen molar-refractivity contribution in [3.05, 3.63) is 53.6 Å². The lowest BCUT2D eigenvalue weighted by Gasteiger charge is -2.22. The molecule has 1 fully saturated rings. The second kappa shape index (κ2) is 5.71. The maximum Gasteiger partial charge on any atom is 0.246 e. The van der Waals surface area contributed by atoms with E-state index in [4.69, 9.17) is 11.6 Å². The van der Waals surface area contributed by atoms with Crippen LogP contribution in [0.5, 0.6) is 0 Å². The van der Waals surface area contributed by atoms with E-state index >= 15 is 0 Å². The van der Waals surface area contributed by atoms with Crippen molar-refractivity contribution in [1.82, 2.24) is 14.3 Å². The molecule has 2 aromatic rings. The highest BCUT2D eigenvalue weighted by atomic mass is 35.5. The average Bonchev–Trinajstić information content (AvgIpc) is 3.30. The summed E-state index contributed by atoms with van der Waals surface area (Å²) in [4.78, 5) is 7.89. The van der Waals surface area contributed by atoms with Gasteiger partial charge in [0.1, 0.15) is 4.90 Å². The summed E-state index contributed by atoms with van der Waals surface area (Å²) in [6.45, 7) is 0.320. The Morgan fingerprint density at radius 3 is 2.43 bits per heavy atom. The summed E-state index contributed by atoms with van der Waals surface area (Å²) < 4.78 is 27.2. The molecule has 0 atom stereocenters. The first kappa shape index (κ1) is 14.4. The molecule has 1 aliphatic rings. The predicted octanol–water partition coefficient (Wildman–Crippen LogP) is 2.48. The van der Waals surface area contributed by atoms with Gasteiger partial charge < -0.3 is 0 Å². The van der Waals surface area contributed by atoms with Crippen LogP contribution in [-0.4, -0.2) is 28.7 Å². The molecule has 5 nitrogen and oxygen atoms in total. The molecule has 0 saturated heterocycles. The fraction of sp³-hybridized carbons (Fsp3) is 0.286. The monoisotopic (exact) mass is 323 g/mol. The van der Waals surface area contributed by atoms with E-state index in [-0.39, 0.29) is 16.0 Å². The summed E-state index contributed by atoms with van der Waals surface area (Å²) in [6.07, 6.45) is 7.85. The van der Waals surface area contributed by atoms with Gasteiger partial charge in [0.05, 0.1) is 5.02 Å². The molecule has 1 saturated carbocycles. The van der Waals surface area contributed by atoms with Gasteiger partial charge in [0.15, 0.2) is 0 Å². The molecule has 0 aromatic carbocycles. The van der Waals surface area contributed by atoms with E-state index in [1.165, 1.54) is 22.8 Å². The fourth-order valence-corrected chi connectivity index (χ4v) is 4.20. The van der Waals surface area contributed by atoms with E-state index in [0.29, 0.717) is 6.54 Å². The Labute approximate surface area is 128 Å². The van der Waals surface area contributed by atoms with Gasteiger partial charge in [0.25, 0.3) is 0 Å². The van der Waals surface area contributed by atoms with E-state index in [0.717, 1.165) is 18.4 Å². The van der Waals surface area contributed by atoms with E-state index in [1.54, 1.807) is 12.4 Å². The highest BCUT2D eigenvalue weighted by molar-refractivity contribution is 7.89. The largest absolute Gasteiger partial charge is 0.265 e. The Kier molecular flexibility index (Phi) is 3.93. The number of aromatic nitrogens is 2. The molecule has 3 rings (SSSR count). The molecule has 0 spiro atoms. The van der Waals surface area contributed by atoms with Crippen molar-refractivity contribution >= 4 is 21.6 Å². The summed E-state index contributed by atoms with van der Waals surface area (Å²) in [5.41, 5.74) is 0.903. The summed E-state index contributed by atoms with van der Waals surface area (Å²) >= 11 is 6.03. The standard InChI is InChI=1S/C14H14ClN3O2S/c15-13-5-8-17-9-14(13)21(19,20)18(12-1-2-12)10-11-3-6-16-7-4-11/h3-9,12H,1-2,10H2. The molecule has 0 N–H and O–H groups in total. The molecular formula is C14H14ClN3O2S. The van der Waals surface area contributed by atoms with Gasteiger partial charge in [-0.05, 0) is 36.6 Å². The van der Waals surface area contributed by atoms with E-state index in [9.17, 15) is 8.42 Å². The van der Waals surface area contributed by atoms with Crippen molar-refractivity contribution in [2.75, 3.05) is 0 Å². The van der Waals surface area contributed by atoms with Crippen LogP contribution in [0.2, 0.25) is 5.02 Å². The van der Waals surface area contributed by atoms with Gasteiger partial charge in [-0.3, -0.25) is 9.97 Å². The zero-order chi connectivity index (χ0) is 14.9. The van der Waals surface area contributed by atoms with Crippen molar-refractivity contribution in [1.29, 1.82) is 0 Å². The van der Waals surface area contributed by atoms with E-state index in [2.05, 4.69) is 9.97 Å². The molecule has 0 unspecified atom stereocenters. The van der Waals surface area contributed by atoms with Gasteiger partial charge in [0, 0.05) is 37.4 Å². The van der Waals surface area contributed by atoms with Gasteiger partial charge >= 0.3 is 0 Å². The molecule has 110 valence electrons. The van der Waals surface area contributed by atoms with Crippen molar-refractivity contribution in [2.24, 2.45) is 0 Å². The fourth-order valence-electron chi connectivity index (χ4n) is 2.12. The Balaban J connectivity index is 1.96. The van der Waals surface area contributed by atoms with E-state index < -0.39 is 10.0 Å². The van der Waals surface area contributed by atoms with Gasteiger partial charge in [-0.1, -0.05) is 11.6 Å². The number of halogens is 1. The smallest absolute Gasteiger partial charge is 0.246 e. The molecule has 2 aromatic heterocycles. The first-order chi connectivity index (χ1) is 10.1. The Hall–Kier alpha value is -1.50. The zero-order valence-corrected chi connectivity index (χ0v) is 12.8. The molecule has 0 bridgehead atoms. The third-order valence-corrected chi connectivity index (χ3v) is 5.73. The lowest BCUT2D eigenvalue weighted by Crippen LogP contribution is -2.33. The Bertz CT molecular complexity index is 733. The predicted molar refractivity (Wildman–Crippen MR) is 79.2 cm³/mol. The second-order valence-electron chi connectivity index (χ2n) is 4.94. The van der Waals surface area contributed by atoms with Crippen LogP contribution in [0.4, 0.5) is 0 Å². The molecule has 2 heterocycles. The SMILES string of the molecule is O=S(=O)(c1cnccc1Cl)N(Cc1ccncc1)C1CC1. The quantitative estimate of drug-likeness (QED) is 0.848. The first-order valence-corrected chi connectivity index (χ1v) is 8.41. The lowest BCUT2D eigenvalue weighted by atomic mass is 10.3. The maximum atomic E-state index is 12.8. The third kappa shape index (κ3) is 3.07. The highest BCUT2D eigenvalue weighted by Crippen LogP contribution is 2.35. The van der Waals surface area contributed by atoms with E-state index in [1.807, 2.05) is 12.1 Å². The molecule has 21 heavy (non-hydrogen) atoms. The van der Waals surface area contributed by atoms with Crippen LogP contribution in [0.1, 0.15) is 18.4 Å². The minimum absolute atomic E-state index is 0.0411. The topological polar surface area (TPSA) is 63.2 Å². The zero-order valence-electron chi connectivity index (χ0n) is 11.2. The Morgan fingerprint density at radius 1 is 1.14 bits per heavy atom. The summed E-state index contributed by atoms with van der Waals surface area (Å²) in [6, 6.07) is 5.16. The van der Waals surface area contributed by atoms with Crippen LogP contribution in [0, 0.1) is 0 Å². The molecule has 0 radical (unpaired) electrons. The van der Waals surface area contributed by atoms with Gasteiger partial charge in [-0.15, -0.1) is 0 Å². The highest BCUT2D eigenvalue weighted by Gasteiger charge is 2.39. The number of hydrogen-bond acceptors (Lipinski definition) is 4. The lowest BCUT2D eigenvalue weighted by molar-refractivity contribution is 0.398. The number of hydrogen-bond donors (Lipinski definition) is 0. The number of nitrogens with zero attached hydrogens (tertiary/aromatic N) is 3. The first-order valence-electron chi connectivity index (χ1n) is 6.59. The number of sulfonamides is 1. The Morgan fingerprint density at radius 2 is 1.81 bits per heavy atom. The summed E-state index contributed by atoms with van der Waals surface area (Å²) in [5, 5.41) is 0.199. The molecular weight excluding hydrogens is 310 g/mol. The second-order valence-corrected chi connectivity index (χ2v) is 7.21. The number of rotatable bonds is 5. The van der Waals surface area contributed by atoms with Crippen molar-refractivity contribution in [3.63, 3.8) is 0 Å². The van der Waals surface area contributed by atoms with Crippen molar-refractivity contribution in [3.8, 4) is 0 Å². The minimum Gasteiger partial charge on any atom is -0.265 e. The average molecular weight is 324 g/mol. The summed E-state index contributed by atoms with van der Waals surface area (Å²) in [5.74, 6) is 0. The number of pyridine rings is 2. The van der Waals surface area contributed by atoms with Crippen LogP contribution in [0.25, 0.3) is 0 Å². The van der Waals surface area contributed by atoms with Crippen LogP contribution in [0.15, 0.2) is 47.9 Å². The van der Waals surface area contributed by atoms with Crippen LogP contribution >= 0.6 is 11.6 Å². The summed E-state index contributed by atoms with van der Waals surface area (Å²) in [7, 11) is -3.65. The van der Waals surface area contributed by atoms with Crippen LogP contribution in [0.3, 0.4) is 0 Å². The van der Waals surface area contributed by atoms with Crippen molar-refractivity contribution < 1.29 is 8.42 Å². The third-order valence-electron chi connectivity index (χ3n) is 3.36. The normalized spacial score (nSPS) is 15.3. The van der Waals surface area contributed by atoms with Crippen LogP contribution in [-0.2, 0) is 16.6 Å². The molecule has 7 heteroatoms. The van der Waals surface area contributed by atoms with Crippen molar-refractivity contribution in [2.45, 2.75) is 30.3 Å². The maximum absolute atomic E-state index is 12.8. The molecule has 0 aliphatic heterocycles. The molecule has 0 amide bonds. The molecule has 1 aliphatic carbocycles. The van der Waals surface area contributed by atoms with Crippen LogP contribution < -0.4 is 0 Å². The van der Waals surface area contributed by atoms with Gasteiger partial charge in [-0.2, -0.15) is 4.31 Å². The van der Waals surface area contributed by atoms with Gasteiger partial charge in [-0.25, -0.2) is 8.42 Å². The van der Waals surface area contributed by atoms with Gasteiger partial charge in [0.2, 0.25) is 10.0 Å².